The second kappa shape index (κ2) is 6.56. The molecule has 0 aliphatic heterocycles. The maximum absolute atomic E-state index is 12.1. The van der Waals surface area contributed by atoms with Crippen LogP contribution in [0, 0.1) is 6.92 Å². The molecule has 0 unspecified atom stereocenters. The van der Waals surface area contributed by atoms with Crippen LogP contribution in [0.2, 0.25) is 0 Å². The summed E-state index contributed by atoms with van der Waals surface area (Å²) in [6, 6.07) is 1.48. The Balaban J connectivity index is 2.02. The Morgan fingerprint density at radius 1 is 1.45 bits per heavy atom. The monoisotopic (exact) mass is 323 g/mol. The Bertz CT molecular complexity index is 692. The number of ether oxygens (including phenoxy) is 1. The van der Waals surface area contributed by atoms with Gasteiger partial charge in [0.05, 0.1) is 0 Å². The highest BCUT2D eigenvalue weighted by Crippen LogP contribution is 2.18. The molecule has 0 aliphatic rings. The number of aryl methyl sites for hydroxylation is 2. The van der Waals surface area contributed by atoms with Gasteiger partial charge < -0.3 is 9.64 Å². The fraction of sp³-hybridized carbons (Fsp3) is 0.385. The molecule has 0 spiro atoms. The summed E-state index contributed by atoms with van der Waals surface area (Å²) in [5.41, 5.74) is 0.197. The molecule has 0 atom stereocenters. The van der Waals surface area contributed by atoms with Gasteiger partial charge in [0, 0.05) is 38.3 Å². The maximum Gasteiger partial charge on any atom is 0.278 e. The summed E-state index contributed by atoms with van der Waals surface area (Å²) < 4.78 is 6.77. The van der Waals surface area contributed by atoms with E-state index < -0.39 is 0 Å². The molecule has 2 rings (SSSR count). The molecular weight excluding hydrogens is 306 g/mol. The van der Waals surface area contributed by atoms with Gasteiger partial charge >= 0.3 is 0 Å². The van der Waals surface area contributed by atoms with E-state index in [9.17, 15) is 9.59 Å². The summed E-state index contributed by atoms with van der Waals surface area (Å²) in [6.07, 6.45) is 1.68. The quantitative estimate of drug-likeness (QED) is 0.883. The predicted octanol–water partition coefficient (Wildman–Crippen LogP) is 0.904. The number of nitrogens with one attached hydrogen (secondary N) is 1. The highest BCUT2D eigenvalue weighted by atomic mass is 32.1. The van der Waals surface area contributed by atoms with Crippen LogP contribution in [0.25, 0.3) is 0 Å². The van der Waals surface area contributed by atoms with Crippen molar-refractivity contribution in [3.63, 3.8) is 0 Å². The first-order valence-electron chi connectivity index (χ1n) is 6.47. The van der Waals surface area contributed by atoms with Crippen molar-refractivity contribution in [2.45, 2.75) is 6.92 Å². The van der Waals surface area contributed by atoms with Crippen LogP contribution in [0.1, 0.15) is 15.4 Å². The Labute approximate surface area is 131 Å². The van der Waals surface area contributed by atoms with Gasteiger partial charge in [-0.1, -0.05) is 0 Å². The molecule has 2 aromatic heterocycles. The summed E-state index contributed by atoms with van der Waals surface area (Å²) in [4.78, 5) is 30.1. The number of amides is 2. The first kappa shape index (κ1) is 16.0. The number of hydrogen-bond acceptors (Lipinski definition) is 6. The first-order valence-corrected chi connectivity index (χ1v) is 7.29. The Morgan fingerprint density at radius 3 is 2.77 bits per heavy atom. The Morgan fingerprint density at radius 2 is 2.18 bits per heavy atom. The average molecular weight is 323 g/mol. The lowest BCUT2D eigenvalue weighted by Crippen LogP contribution is -2.27. The van der Waals surface area contributed by atoms with Gasteiger partial charge in [0.1, 0.15) is 0 Å². The summed E-state index contributed by atoms with van der Waals surface area (Å²) in [7, 11) is 4.92. The Kier molecular flexibility index (Phi) is 4.76. The molecule has 8 nitrogen and oxygen atoms in total. The van der Waals surface area contributed by atoms with Crippen molar-refractivity contribution in [1.82, 2.24) is 19.7 Å². The average Bonchev–Trinajstić information content (AvgIpc) is 3.02. The van der Waals surface area contributed by atoms with E-state index in [1.165, 1.54) is 27.0 Å². The fourth-order valence-corrected chi connectivity index (χ4v) is 2.19. The number of carbonyl (C=O) groups is 2. The molecule has 2 heterocycles. The number of nitrogens with zero attached hydrogens (tertiary/aromatic N) is 4. The van der Waals surface area contributed by atoms with Gasteiger partial charge in [-0.15, -0.1) is 11.3 Å². The van der Waals surface area contributed by atoms with E-state index in [-0.39, 0.29) is 24.1 Å². The van der Waals surface area contributed by atoms with E-state index in [0.717, 1.165) is 4.88 Å². The molecule has 0 bridgehead atoms. The molecule has 118 valence electrons. The molecule has 9 heteroatoms. The Hall–Kier alpha value is -2.42. The van der Waals surface area contributed by atoms with Gasteiger partial charge in [-0.2, -0.15) is 5.10 Å². The van der Waals surface area contributed by atoms with Crippen LogP contribution in [0.3, 0.4) is 0 Å². The lowest BCUT2D eigenvalue weighted by Gasteiger charge is -2.10. The summed E-state index contributed by atoms with van der Waals surface area (Å²) in [6.45, 7) is 1.79. The second-order valence-corrected chi connectivity index (χ2v) is 6.03. The minimum atomic E-state index is -0.376. The summed E-state index contributed by atoms with van der Waals surface area (Å²) in [5, 5.41) is 7.24. The van der Waals surface area contributed by atoms with Crippen LogP contribution in [0.5, 0.6) is 5.88 Å². The standard InChI is InChI=1S/C13H17N5O3S/c1-8-6-14-13(22-8)15-12(20)9-5-11(18(4)16-9)21-7-10(19)17(2)3/h5-6H,7H2,1-4H3,(H,14,15,20). The molecule has 0 saturated heterocycles. The topological polar surface area (TPSA) is 89.3 Å². The van der Waals surface area contributed by atoms with E-state index in [2.05, 4.69) is 15.4 Å². The van der Waals surface area contributed by atoms with Crippen LogP contribution in [-0.2, 0) is 11.8 Å². The van der Waals surface area contributed by atoms with E-state index >= 15 is 0 Å². The highest BCUT2D eigenvalue weighted by Gasteiger charge is 2.16. The number of likely N-dealkylation sites (N-methyl/N-ethyl adjacent to an activating group) is 1. The SMILES string of the molecule is Cc1cnc(NC(=O)c2cc(OCC(=O)N(C)C)n(C)n2)s1. The van der Waals surface area contributed by atoms with Gasteiger partial charge in [-0.3, -0.25) is 14.9 Å². The zero-order valence-corrected chi connectivity index (χ0v) is 13.6. The molecule has 0 radical (unpaired) electrons. The molecule has 0 saturated carbocycles. The zero-order chi connectivity index (χ0) is 16.3. The van der Waals surface area contributed by atoms with Gasteiger partial charge in [-0.05, 0) is 6.92 Å². The molecular formula is C13H17N5O3S. The van der Waals surface area contributed by atoms with E-state index in [1.807, 2.05) is 6.92 Å². The first-order chi connectivity index (χ1) is 10.4. The zero-order valence-electron chi connectivity index (χ0n) is 12.8. The van der Waals surface area contributed by atoms with Crippen LogP contribution in [0.15, 0.2) is 12.3 Å². The van der Waals surface area contributed by atoms with E-state index in [4.69, 9.17) is 4.74 Å². The van der Waals surface area contributed by atoms with Crippen LogP contribution >= 0.6 is 11.3 Å². The molecule has 22 heavy (non-hydrogen) atoms. The summed E-state index contributed by atoms with van der Waals surface area (Å²) in [5.74, 6) is -0.208. The van der Waals surface area contributed by atoms with Crippen molar-refractivity contribution in [2.75, 3.05) is 26.0 Å². The number of aromatic nitrogens is 3. The number of thiazole rings is 1. The fourth-order valence-electron chi connectivity index (χ4n) is 1.53. The van der Waals surface area contributed by atoms with Crippen LogP contribution in [0.4, 0.5) is 5.13 Å². The maximum atomic E-state index is 12.1. The van der Waals surface area contributed by atoms with Crippen molar-refractivity contribution < 1.29 is 14.3 Å². The minimum Gasteiger partial charge on any atom is -0.468 e. The van der Waals surface area contributed by atoms with Crippen LogP contribution < -0.4 is 10.1 Å². The molecule has 0 aromatic carbocycles. The third-order valence-corrected chi connectivity index (χ3v) is 3.58. The molecule has 0 fully saturated rings. The normalized spacial score (nSPS) is 10.4. The molecule has 2 aromatic rings. The lowest BCUT2D eigenvalue weighted by atomic mass is 10.4. The van der Waals surface area contributed by atoms with Gasteiger partial charge in [0.25, 0.3) is 11.8 Å². The molecule has 2 amide bonds. The number of hydrogen-bond donors (Lipinski definition) is 1. The molecule has 1 N–H and O–H groups in total. The van der Waals surface area contributed by atoms with Gasteiger partial charge in [-0.25, -0.2) is 9.67 Å². The third kappa shape index (κ3) is 3.82. The highest BCUT2D eigenvalue weighted by molar-refractivity contribution is 7.15. The van der Waals surface area contributed by atoms with E-state index in [0.29, 0.717) is 11.0 Å². The number of rotatable bonds is 5. The number of anilines is 1. The van der Waals surface area contributed by atoms with Crippen molar-refractivity contribution >= 4 is 28.3 Å². The smallest absolute Gasteiger partial charge is 0.278 e. The van der Waals surface area contributed by atoms with Crippen LogP contribution in [-0.4, -0.2) is 52.2 Å². The predicted molar refractivity (Wildman–Crippen MR) is 82.2 cm³/mol. The van der Waals surface area contributed by atoms with Gasteiger partial charge in [0.2, 0.25) is 5.88 Å². The summed E-state index contributed by atoms with van der Waals surface area (Å²) >= 11 is 1.38. The van der Waals surface area contributed by atoms with Crippen molar-refractivity contribution in [2.24, 2.45) is 7.05 Å². The largest absolute Gasteiger partial charge is 0.468 e. The van der Waals surface area contributed by atoms with Crippen molar-refractivity contribution in [3.05, 3.63) is 22.8 Å². The van der Waals surface area contributed by atoms with Crippen molar-refractivity contribution in [1.29, 1.82) is 0 Å². The van der Waals surface area contributed by atoms with Gasteiger partial charge in [0.15, 0.2) is 17.4 Å². The second-order valence-electron chi connectivity index (χ2n) is 4.80. The lowest BCUT2D eigenvalue weighted by molar-refractivity contribution is -0.130. The minimum absolute atomic E-state index is 0.112. The van der Waals surface area contributed by atoms with E-state index in [1.54, 1.807) is 27.3 Å². The molecule has 0 aliphatic carbocycles. The third-order valence-electron chi connectivity index (χ3n) is 2.75. The number of carbonyl (C=O) groups excluding carboxylic acids is 2. The van der Waals surface area contributed by atoms with Crippen molar-refractivity contribution in [3.8, 4) is 5.88 Å².